The van der Waals surface area contributed by atoms with Crippen LogP contribution in [-0.2, 0) is 4.79 Å². The Balaban J connectivity index is 2.65. The molecule has 0 bridgehead atoms. The van der Waals surface area contributed by atoms with Gasteiger partial charge in [-0.3, -0.25) is 4.90 Å². The third-order valence-electron chi connectivity index (χ3n) is 3.03. The second-order valence-electron chi connectivity index (χ2n) is 4.92. The number of aliphatic carboxylic acids is 1. The van der Waals surface area contributed by atoms with Crippen LogP contribution in [0, 0.1) is 0 Å². The number of aliphatic hydroxyl groups is 1. The van der Waals surface area contributed by atoms with E-state index < -0.39 is 11.6 Å². The molecule has 2 N–H and O–H groups in total. The fraction of sp³-hybridized carbons (Fsp3) is 0.900. The maximum Gasteiger partial charge on any atom is 0.336 e. The number of rotatable bonds is 3. The van der Waals surface area contributed by atoms with Crippen molar-refractivity contribution in [1.82, 2.24) is 4.90 Å². The summed E-state index contributed by atoms with van der Waals surface area (Å²) in [7, 11) is 0. The van der Waals surface area contributed by atoms with E-state index in [0.717, 1.165) is 19.4 Å². The molecule has 4 nitrogen and oxygen atoms in total. The van der Waals surface area contributed by atoms with Crippen LogP contribution in [-0.4, -0.2) is 45.3 Å². The molecule has 1 aliphatic rings. The maximum atomic E-state index is 10.7. The minimum absolute atomic E-state index is 0.0133. The average molecular weight is 201 g/mol. The molecule has 0 spiro atoms. The normalized spacial score (nSPS) is 26.0. The van der Waals surface area contributed by atoms with Gasteiger partial charge in [-0.25, -0.2) is 4.79 Å². The van der Waals surface area contributed by atoms with Gasteiger partial charge in [0.25, 0.3) is 0 Å². The Morgan fingerprint density at radius 1 is 1.57 bits per heavy atom. The van der Waals surface area contributed by atoms with Crippen LogP contribution in [0.5, 0.6) is 0 Å². The highest BCUT2D eigenvalue weighted by Gasteiger charge is 2.39. The third kappa shape index (κ3) is 2.25. The second-order valence-corrected chi connectivity index (χ2v) is 4.92. The molecule has 4 heteroatoms. The predicted octanol–water partition coefficient (Wildman–Crippen LogP) is 0.696. The van der Waals surface area contributed by atoms with Gasteiger partial charge in [0.15, 0.2) is 5.60 Å². The average Bonchev–Trinajstić information content (AvgIpc) is 2.30. The third-order valence-corrected chi connectivity index (χ3v) is 3.03. The van der Waals surface area contributed by atoms with Crippen LogP contribution >= 0.6 is 0 Å². The maximum absolute atomic E-state index is 10.7. The molecule has 1 rings (SSSR count). The van der Waals surface area contributed by atoms with Gasteiger partial charge in [-0.05, 0) is 40.2 Å². The summed E-state index contributed by atoms with van der Waals surface area (Å²) in [6.07, 6.45) is 2.13. The molecule has 0 aliphatic carbocycles. The molecule has 0 saturated carbocycles. The molecule has 1 heterocycles. The number of carboxylic acid groups (broad SMARTS) is 1. The van der Waals surface area contributed by atoms with E-state index in [4.69, 9.17) is 5.11 Å². The Hall–Kier alpha value is -0.610. The summed E-state index contributed by atoms with van der Waals surface area (Å²) in [6, 6.07) is 0. The highest BCUT2D eigenvalue weighted by Crippen LogP contribution is 2.29. The van der Waals surface area contributed by atoms with Crippen LogP contribution in [0.15, 0.2) is 0 Å². The van der Waals surface area contributed by atoms with Gasteiger partial charge in [0, 0.05) is 12.1 Å². The van der Waals surface area contributed by atoms with Crippen molar-refractivity contribution in [3.8, 4) is 0 Å². The Labute approximate surface area is 84.5 Å². The lowest BCUT2D eigenvalue weighted by atomic mass is 9.99. The van der Waals surface area contributed by atoms with Crippen LogP contribution < -0.4 is 0 Å². The van der Waals surface area contributed by atoms with Crippen LogP contribution in [0.3, 0.4) is 0 Å². The zero-order chi connectivity index (χ0) is 11.0. The first kappa shape index (κ1) is 11.5. The molecule has 0 amide bonds. The van der Waals surface area contributed by atoms with Gasteiger partial charge in [-0.1, -0.05) is 0 Å². The topological polar surface area (TPSA) is 60.8 Å². The summed E-state index contributed by atoms with van der Waals surface area (Å²) in [5.74, 6) is -1.15. The quantitative estimate of drug-likeness (QED) is 0.705. The summed E-state index contributed by atoms with van der Waals surface area (Å²) in [5, 5.41) is 18.4. The fourth-order valence-corrected chi connectivity index (χ4v) is 1.90. The molecular weight excluding hydrogens is 182 g/mol. The van der Waals surface area contributed by atoms with Gasteiger partial charge in [0.05, 0.1) is 0 Å². The molecular formula is C10H19NO3. The van der Waals surface area contributed by atoms with Gasteiger partial charge >= 0.3 is 5.97 Å². The minimum atomic E-state index is -1.64. The van der Waals surface area contributed by atoms with Crippen molar-refractivity contribution >= 4 is 5.97 Å². The summed E-state index contributed by atoms with van der Waals surface area (Å²) in [6.45, 7) is 6.59. The number of β-amino-alcohol motifs (C(OH)–C–C–N with tert-alkyl or cyclic N) is 1. The van der Waals surface area contributed by atoms with Crippen LogP contribution in [0.4, 0.5) is 0 Å². The zero-order valence-electron chi connectivity index (χ0n) is 9.08. The van der Waals surface area contributed by atoms with E-state index in [1.54, 1.807) is 0 Å². The molecule has 0 aromatic heterocycles. The fourth-order valence-electron chi connectivity index (χ4n) is 1.90. The van der Waals surface area contributed by atoms with Gasteiger partial charge < -0.3 is 10.2 Å². The highest BCUT2D eigenvalue weighted by atomic mass is 16.4. The van der Waals surface area contributed by atoms with Crippen LogP contribution in [0.2, 0.25) is 0 Å². The molecule has 0 aromatic rings. The summed E-state index contributed by atoms with van der Waals surface area (Å²) < 4.78 is 0. The van der Waals surface area contributed by atoms with Gasteiger partial charge in [-0.15, -0.1) is 0 Å². The largest absolute Gasteiger partial charge is 0.479 e. The molecule has 82 valence electrons. The minimum Gasteiger partial charge on any atom is -0.479 e. The number of hydrogen-bond acceptors (Lipinski definition) is 3. The van der Waals surface area contributed by atoms with E-state index in [2.05, 4.69) is 13.8 Å². The lowest BCUT2D eigenvalue weighted by molar-refractivity contribution is -0.159. The molecule has 0 aromatic carbocycles. The Bertz CT molecular complexity index is 236. The molecule has 1 atom stereocenters. The number of carboxylic acids is 1. The lowest BCUT2D eigenvalue weighted by Gasteiger charge is -2.35. The molecule has 1 saturated heterocycles. The number of carbonyl (C=O) groups is 1. The SMILES string of the molecule is CC(O)(CN1CCCC1(C)C)C(=O)O. The molecule has 1 fully saturated rings. The van der Waals surface area contributed by atoms with Crippen molar-refractivity contribution in [2.45, 2.75) is 44.8 Å². The zero-order valence-corrected chi connectivity index (χ0v) is 9.08. The molecule has 1 unspecified atom stereocenters. The summed E-state index contributed by atoms with van der Waals surface area (Å²) in [5.41, 5.74) is -1.62. The van der Waals surface area contributed by atoms with Crippen molar-refractivity contribution in [2.75, 3.05) is 13.1 Å². The first-order valence-electron chi connectivity index (χ1n) is 4.96. The van der Waals surface area contributed by atoms with E-state index in [0.29, 0.717) is 0 Å². The Morgan fingerprint density at radius 2 is 2.14 bits per heavy atom. The van der Waals surface area contributed by atoms with Gasteiger partial charge in [0.2, 0.25) is 0 Å². The van der Waals surface area contributed by atoms with E-state index >= 15 is 0 Å². The first-order valence-corrected chi connectivity index (χ1v) is 4.96. The smallest absolute Gasteiger partial charge is 0.336 e. The van der Waals surface area contributed by atoms with Crippen LogP contribution in [0.1, 0.15) is 33.6 Å². The molecule has 0 radical (unpaired) electrons. The number of nitrogens with zero attached hydrogens (tertiary/aromatic N) is 1. The summed E-state index contributed by atoms with van der Waals surface area (Å²) >= 11 is 0. The Kier molecular flexibility index (Phi) is 2.88. The van der Waals surface area contributed by atoms with Gasteiger partial charge in [-0.2, -0.15) is 0 Å². The number of likely N-dealkylation sites (tertiary alicyclic amines) is 1. The Morgan fingerprint density at radius 3 is 2.50 bits per heavy atom. The van der Waals surface area contributed by atoms with Crippen molar-refractivity contribution in [2.24, 2.45) is 0 Å². The summed E-state index contributed by atoms with van der Waals surface area (Å²) in [4.78, 5) is 12.8. The van der Waals surface area contributed by atoms with E-state index in [1.807, 2.05) is 4.90 Å². The molecule has 14 heavy (non-hydrogen) atoms. The standard InChI is InChI=1S/C10H19NO3/c1-9(2)5-4-6-11(9)7-10(3,14)8(12)13/h14H,4-7H2,1-3H3,(H,12,13). The lowest BCUT2D eigenvalue weighted by Crippen LogP contribution is -2.51. The van der Waals surface area contributed by atoms with Crippen molar-refractivity contribution in [1.29, 1.82) is 0 Å². The second kappa shape index (κ2) is 3.51. The van der Waals surface area contributed by atoms with Crippen molar-refractivity contribution in [3.63, 3.8) is 0 Å². The predicted molar refractivity (Wildman–Crippen MR) is 53.1 cm³/mol. The van der Waals surface area contributed by atoms with Gasteiger partial charge in [0.1, 0.15) is 0 Å². The van der Waals surface area contributed by atoms with Crippen molar-refractivity contribution in [3.05, 3.63) is 0 Å². The monoisotopic (exact) mass is 201 g/mol. The van der Waals surface area contributed by atoms with E-state index in [-0.39, 0.29) is 12.1 Å². The van der Waals surface area contributed by atoms with Crippen molar-refractivity contribution < 1.29 is 15.0 Å². The van der Waals surface area contributed by atoms with E-state index in [9.17, 15) is 9.90 Å². The highest BCUT2D eigenvalue weighted by molar-refractivity contribution is 5.76. The first-order chi connectivity index (χ1) is 6.26. The number of hydrogen-bond donors (Lipinski definition) is 2. The molecule has 1 aliphatic heterocycles. The van der Waals surface area contributed by atoms with E-state index in [1.165, 1.54) is 6.92 Å². The van der Waals surface area contributed by atoms with Crippen LogP contribution in [0.25, 0.3) is 0 Å².